The number of aliphatic carboxylic acids is 1. The van der Waals surface area contributed by atoms with Crippen molar-refractivity contribution < 1.29 is 23.8 Å². The molecule has 2 aromatic rings. The number of methoxy groups -OCH3 is 2. The van der Waals surface area contributed by atoms with Crippen LogP contribution < -0.4 is 9.47 Å². The van der Waals surface area contributed by atoms with Gasteiger partial charge in [-0.05, 0) is 0 Å². The highest BCUT2D eigenvalue weighted by atomic mass is 16.5. The molecule has 0 fully saturated rings. The molecule has 1 N–H and O–H groups in total. The molecule has 17 heavy (non-hydrogen) atoms. The van der Waals surface area contributed by atoms with E-state index in [1.807, 2.05) is 0 Å². The monoisotopic (exact) mass is 237 g/mol. The quantitative estimate of drug-likeness (QED) is 0.867. The third-order valence-electron chi connectivity index (χ3n) is 2.24. The van der Waals surface area contributed by atoms with Gasteiger partial charge in [0.05, 0.1) is 14.2 Å². The van der Waals surface area contributed by atoms with Crippen LogP contribution in [0.3, 0.4) is 0 Å². The molecular weight excluding hydrogens is 226 g/mol. The van der Waals surface area contributed by atoms with E-state index in [2.05, 4.69) is 4.98 Å². The average Bonchev–Trinajstić information content (AvgIpc) is 2.66. The summed E-state index contributed by atoms with van der Waals surface area (Å²) >= 11 is 0. The van der Waals surface area contributed by atoms with Gasteiger partial charge in [-0.15, -0.1) is 0 Å². The number of benzene rings is 1. The first-order chi connectivity index (χ1) is 8.13. The first-order valence-corrected chi connectivity index (χ1v) is 4.87. The van der Waals surface area contributed by atoms with E-state index >= 15 is 0 Å². The van der Waals surface area contributed by atoms with Gasteiger partial charge in [0.2, 0.25) is 5.89 Å². The summed E-state index contributed by atoms with van der Waals surface area (Å²) in [5.74, 6) is 0.200. The van der Waals surface area contributed by atoms with Crippen molar-refractivity contribution in [3.05, 3.63) is 18.0 Å². The maximum atomic E-state index is 10.5. The van der Waals surface area contributed by atoms with E-state index in [0.717, 1.165) is 0 Å². The fourth-order valence-corrected chi connectivity index (χ4v) is 1.51. The van der Waals surface area contributed by atoms with E-state index in [9.17, 15) is 4.79 Å². The smallest absolute Gasteiger partial charge is 0.312 e. The Kier molecular flexibility index (Phi) is 2.86. The number of ether oxygens (including phenoxy) is 2. The molecule has 0 amide bonds. The Labute approximate surface area is 96.8 Å². The van der Waals surface area contributed by atoms with Gasteiger partial charge in [0, 0.05) is 12.1 Å². The molecular formula is C11H11NO5. The minimum atomic E-state index is -0.990. The van der Waals surface area contributed by atoms with Crippen LogP contribution in [0.5, 0.6) is 11.5 Å². The molecule has 0 saturated carbocycles. The minimum absolute atomic E-state index is 0.155. The van der Waals surface area contributed by atoms with Crippen molar-refractivity contribution in [1.82, 2.24) is 4.98 Å². The van der Waals surface area contributed by atoms with E-state index in [0.29, 0.717) is 22.6 Å². The number of fused-ring (bicyclic) bond motifs is 1. The van der Waals surface area contributed by atoms with Gasteiger partial charge < -0.3 is 19.0 Å². The van der Waals surface area contributed by atoms with Gasteiger partial charge in [-0.2, -0.15) is 0 Å². The Morgan fingerprint density at radius 3 is 2.59 bits per heavy atom. The highest BCUT2D eigenvalue weighted by Crippen LogP contribution is 2.32. The van der Waals surface area contributed by atoms with E-state index in [1.54, 1.807) is 12.1 Å². The van der Waals surface area contributed by atoms with Crippen LogP contribution in [0.1, 0.15) is 5.89 Å². The first-order valence-electron chi connectivity index (χ1n) is 4.87. The average molecular weight is 237 g/mol. The zero-order chi connectivity index (χ0) is 12.4. The molecule has 0 saturated heterocycles. The lowest BCUT2D eigenvalue weighted by Gasteiger charge is -2.05. The molecule has 6 nitrogen and oxygen atoms in total. The summed E-state index contributed by atoms with van der Waals surface area (Å²) in [5, 5.41) is 8.64. The predicted molar refractivity (Wildman–Crippen MR) is 58.5 cm³/mol. The van der Waals surface area contributed by atoms with Gasteiger partial charge >= 0.3 is 5.97 Å². The molecule has 0 aliphatic carbocycles. The maximum absolute atomic E-state index is 10.5. The summed E-state index contributed by atoms with van der Waals surface area (Å²) in [7, 11) is 3.03. The molecule has 0 aliphatic heterocycles. The Balaban J connectivity index is 2.49. The third-order valence-corrected chi connectivity index (χ3v) is 2.24. The Hall–Kier alpha value is -2.24. The number of carboxylic acid groups (broad SMARTS) is 1. The minimum Gasteiger partial charge on any atom is -0.493 e. The normalized spacial score (nSPS) is 10.5. The van der Waals surface area contributed by atoms with Crippen molar-refractivity contribution in [1.29, 1.82) is 0 Å². The Bertz CT molecular complexity index is 519. The SMILES string of the molecule is COc1cc2nc(CC(=O)O)oc2cc1OC. The molecule has 0 unspecified atom stereocenters. The third kappa shape index (κ3) is 2.15. The van der Waals surface area contributed by atoms with Crippen molar-refractivity contribution in [3.63, 3.8) is 0 Å². The number of hydrogen-bond donors (Lipinski definition) is 1. The number of rotatable bonds is 4. The molecule has 0 spiro atoms. The fraction of sp³-hybridized carbons (Fsp3) is 0.273. The zero-order valence-corrected chi connectivity index (χ0v) is 9.39. The number of carboxylic acids is 1. The van der Waals surface area contributed by atoms with Crippen molar-refractivity contribution in [2.24, 2.45) is 0 Å². The van der Waals surface area contributed by atoms with Crippen LogP contribution in [0, 0.1) is 0 Å². The lowest BCUT2D eigenvalue weighted by atomic mass is 10.3. The van der Waals surface area contributed by atoms with Crippen LogP contribution in [0.2, 0.25) is 0 Å². The van der Waals surface area contributed by atoms with E-state index < -0.39 is 5.97 Å². The summed E-state index contributed by atoms with van der Waals surface area (Å²) in [6.07, 6.45) is -0.251. The molecule has 1 aromatic heterocycles. The van der Waals surface area contributed by atoms with Crippen LogP contribution >= 0.6 is 0 Å². The molecule has 0 radical (unpaired) electrons. The second-order valence-electron chi connectivity index (χ2n) is 3.35. The van der Waals surface area contributed by atoms with E-state index in [-0.39, 0.29) is 12.3 Å². The van der Waals surface area contributed by atoms with Crippen LogP contribution in [0.25, 0.3) is 11.1 Å². The Morgan fingerprint density at radius 1 is 1.35 bits per heavy atom. The molecule has 1 aromatic carbocycles. The second kappa shape index (κ2) is 4.32. The number of carbonyl (C=O) groups is 1. The highest BCUT2D eigenvalue weighted by Gasteiger charge is 2.13. The van der Waals surface area contributed by atoms with E-state index in [1.165, 1.54) is 14.2 Å². The molecule has 1 heterocycles. The lowest BCUT2D eigenvalue weighted by Crippen LogP contribution is -1.99. The summed E-state index contributed by atoms with van der Waals surface area (Å²) in [6.45, 7) is 0. The first kappa shape index (κ1) is 11.3. The summed E-state index contributed by atoms with van der Waals surface area (Å²) in [4.78, 5) is 14.6. The van der Waals surface area contributed by atoms with Gasteiger partial charge in [0.1, 0.15) is 11.9 Å². The van der Waals surface area contributed by atoms with Gasteiger partial charge in [-0.1, -0.05) is 0 Å². The van der Waals surface area contributed by atoms with Crippen molar-refractivity contribution in [2.75, 3.05) is 14.2 Å². The number of aromatic nitrogens is 1. The molecule has 0 atom stereocenters. The highest BCUT2D eigenvalue weighted by molar-refractivity contribution is 5.78. The summed E-state index contributed by atoms with van der Waals surface area (Å²) in [5.41, 5.74) is 1.01. The van der Waals surface area contributed by atoms with Gasteiger partial charge in [-0.3, -0.25) is 4.79 Å². The van der Waals surface area contributed by atoms with Crippen molar-refractivity contribution in [2.45, 2.75) is 6.42 Å². The van der Waals surface area contributed by atoms with Crippen LogP contribution in [0.15, 0.2) is 16.5 Å². The molecule has 0 aliphatic rings. The van der Waals surface area contributed by atoms with Gasteiger partial charge in [0.15, 0.2) is 17.1 Å². The van der Waals surface area contributed by atoms with Gasteiger partial charge in [-0.25, -0.2) is 4.98 Å². The van der Waals surface area contributed by atoms with Gasteiger partial charge in [0.25, 0.3) is 0 Å². The maximum Gasteiger partial charge on any atom is 0.312 e. The zero-order valence-electron chi connectivity index (χ0n) is 9.39. The molecule has 90 valence electrons. The molecule has 6 heteroatoms. The number of hydrogen-bond acceptors (Lipinski definition) is 5. The van der Waals surface area contributed by atoms with Crippen LogP contribution in [-0.2, 0) is 11.2 Å². The van der Waals surface area contributed by atoms with Crippen LogP contribution in [-0.4, -0.2) is 30.3 Å². The summed E-state index contributed by atoms with van der Waals surface area (Å²) in [6, 6.07) is 3.26. The largest absolute Gasteiger partial charge is 0.493 e. The number of oxazole rings is 1. The van der Waals surface area contributed by atoms with Crippen LogP contribution in [0.4, 0.5) is 0 Å². The topological polar surface area (TPSA) is 81.8 Å². The second-order valence-corrected chi connectivity index (χ2v) is 3.35. The number of nitrogens with zero attached hydrogens (tertiary/aromatic N) is 1. The predicted octanol–water partition coefficient (Wildman–Crippen LogP) is 1.47. The Morgan fingerprint density at radius 2 is 2.00 bits per heavy atom. The standard InChI is InChI=1S/C11H11NO5/c1-15-8-3-6-7(4-9(8)16-2)17-10(12-6)5-11(13)14/h3-4H,5H2,1-2H3,(H,13,14). The molecule has 2 rings (SSSR count). The van der Waals surface area contributed by atoms with E-state index in [4.69, 9.17) is 19.0 Å². The van der Waals surface area contributed by atoms with Crippen molar-refractivity contribution in [3.8, 4) is 11.5 Å². The lowest BCUT2D eigenvalue weighted by molar-refractivity contribution is -0.136. The summed E-state index contributed by atoms with van der Waals surface area (Å²) < 4.78 is 15.5. The van der Waals surface area contributed by atoms with Crippen molar-refractivity contribution >= 4 is 17.1 Å². The molecule has 0 bridgehead atoms. The fourth-order valence-electron chi connectivity index (χ4n) is 1.51.